The summed E-state index contributed by atoms with van der Waals surface area (Å²) < 4.78 is 27.6. The number of nitrogens with zero attached hydrogens (tertiary/aromatic N) is 2. The first-order chi connectivity index (χ1) is 14.1. The Bertz CT molecular complexity index is 1240. The first kappa shape index (κ1) is 21.5. The van der Waals surface area contributed by atoms with E-state index in [1.807, 2.05) is 0 Å². The van der Waals surface area contributed by atoms with Gasteiger partial charge in [-0.1, -0.05) is 41.9 Å². The summed E-state index contributed by atoms with van der Waals surface area (Å²) in [7, 11) is -4.29. The first-order valence-corrected chi connectivity index (χ1v) is 10.6. The van der Waals surface area contributed by atoms with E-state index in [1.54, 1.807) is 44.2 Å². The number of benzene rings is 3. The molecule has 0 bridgehead atoms. The molecule has 3 rings (SSSR count). The van der Waals surface area contributed by atoms with Crippen molar-refractivity contribution in [2.24, 2.45) is 0 Å². The smallest absolute Gasteiger partial charge is 0.268 e. The molecule has 0 N–H and O–H groups in total. The van der Waals surface area contributed by atoms with Crippen LogP contribution in [-0.4, -0.2) is 19.2 Å². The lowest BCUT2D eigenvalue weighted by molar-refractivity contribution is -0.384. The molecule has 3 aromatic carbocycles. The third-order valence-corrected chi connectivity index (χ3v) is 6.68. The lowest BCUT2D eigenvalue weighted by Gasteiger charge is -2.25. The molecule has 0 spiro atoms. The molecule has 0 saturated heterocycles. The van der Waals surface area contributed by atoms with Gasteiger partial charge in [-0.3, -0.25) is 14.9 Å². The van der Waals surface area contributed by atoms with Gasteiger partial charge in [-0.25, -0.2) is 8.42 Å². The predicted octanol–water partition coefficient (Wildman–Crippen LogP) is 4.90. The molecule has 0 fully saturated rings. The van der Waals surface area contributed by atoms with Crippen molar-refractivity contribution in [3.05, 3.63) is 98.6 Å². The van der Waals surface area contributed by atoms with Crippen molar-refractivity contribution >= 4 is 38.9 Å². The minimum Gasteiger partial charge on any atom is -0.268 e. The third-order valence-electron chi connectivity index (χ3n) is 4.65. The van der Waals surface area contributed by atoms with Crippen LogP contribution < -0.4 is 4.31 Å². The average Bonchev–Trinajstić information content (AvgIpc) is 2.71. The molecule has 30 heavy (non-hydrogen) atoms. The number of non-ortho nitro benzene ring substituents is 1. The second-order valence-electron chi connectivity index (χ2n) is 6.53. The molecule has 7 nitrogen and oxygen atoms in total. The zero-order valence-electron chi connectivity index (χ0n) is 16.1. The molecule has 0 aromatic heterocycles. The van der Waals surface area contributed by atoms with Gasteiger partial charge in [0.2, 0.25) is 0 Å². The molecule has 1 amide bonds. The summed E-state index contributed by atoms with van der Waals surface area (Å²) in [5, 5.41) is 10.8. The number of nitro benzene ring substituents is 1. The van der Waals surface area contributed by atoms with E-state index in [4.69, 9.17) is 11.6 Å². The fraction of sp³-hybridized carbons (Fsp3) is 0.0952. The van der Waals surface area contributed by atoms with Crippen molar-refractivity contribution in [2.75, 3.05) is 4.31 Å². The van der Waals surface area contributed by atoms with E-state index < -0.39 is 20.9 Å². The Morgan fingerprint density at radius 1 is 1.00 bits per heavy atom. The number of carbonyl (C=O) groups is 1. The Labute approximate surface area is 178 Å². The molecule has 0 radical (unpaired) electrons. The van der Waals surface area contributed by atoms with E-state index in [1.165, 1.54) is 18.2 Å². The number of hydrogen-bond acceptors (Lipinski definition) is 5. The Morgan fingerprint density at radius 3 is 2.27 bits per heavy atom. The fourth-order valence-corrected chi connectivity index (χ4v) is 4.64. The lowest BCUT2D eigenvalue weighted by Crippen LogP contribution is -2.37. The number of sulfonamides is 1. The van der Waals surface area contributed by atoms with Crippen LogP contribution >= 0.6 is 11.6 Å². The summed E-state index contributed by atoms with van der Waals surface area (Å²) in [5.41, 5.74) is 1.11. The summed E-state index contributed by atoms with van der Waals surface area (Å²) in [6.45, 7) is 3.51. The van der Waals surface area contributed by atoms with Crippen molar-refractivity contribution in [3.63, 3.8) is 0 Å². The zero-order chi connectivity index (χ0) is 22.1. The van der Waals surface area contributed by atoms with Crippen molar-refractivity contribution < 1.29 is 18.1 Å². The van der Waals surface area contributed by atoms with Crippen LogP contribution in [0.1, 0.15) is 21.5 Å². The highest BCUT2D eigenvalue weighted by molar-refractivity contribution is 7.93. The quantitative estimate of drug-likeness (QED) is 0.411. The number of rotatable bonds is 5. The standard InChI is InChI=1S/C21H17ClN2O5S/c1-14-7-6-10-20(15(14)2)23(30(28,29)17-8-4-3-5-9-17)21(25)18-12-11-16(24(26)27)13-19(18)22/h3-13H,1-2H3. The van der Waals surface area contributed by atoms with Gasteiger partial charge in [0.15, 0.2) is 0 Å². The summed E-state index contributed by atoms with van der Waals surface area (Å²) in [6, 6.07) is 15.8. The molecule has 0 aliphatic heterocycles. The van der Waals surface area contributed by atoms with Crippen LogP contribution in [0.25, 0.3) is 0 Å². The molecular weight excluding hydrogens is 428 g/mol. The molecule has 154 valence electrons. The number of carbonyl (C=O) groups excluding carboxylic acids is 1. The molecule has 0 aliphatic rings. The Kier molecular flexibility index (Phi) is 5.91. The van der Waals surface area contributed by atoms with E-state index in [2.05, 4.69) is 0 Å². The lowest BCUT2D eigenvalue weighted by atomic mass is 10.1. The van der Waals surface area contributed by atoms with Crippen LogP contribution in [0.5, 0.6) is 0 Å². The van der Waals surface area contributed by atoms with E-state index in [-0.39, 0.29) is 26.9 Å². The number of halogens is 1. The molecule has 0 saturated carbocycles. The second kappa shape index (κ2) is 8.25. The van der Waals surface area contributed by atoms with Gasteiger partial charge >= 0.3 is 0 Å². The topological polar surface area (TPSA) is 97.6 Å². The Morgan fingerprint density at radius 2 is 1.67 bits per heavy atom. The minimum absolute atomic E-state index is 0.0720. The first-order valence-electron chi connectivity index (χ1n) is 8.79. The van der Waals surface area contributed by atoms with Gasteiger partial charge in [-0.15, -0.1) is 0 Å². The monoisotopic (exact) mass is 444 g/mol. The van der Waals surface area contributed by atoms with Crippen LogP contribution in [-0.2, 0) is 10.0 Å². The van der Waals surface area contributed by atoms with Crippen LogP contribution in [0.3, 0.4) is 0 Å². The molecular formula is C21H17ClN2O5S. The van der Waals surface area contributed by atoms with Crippen molar-refractivity contribution in [2.45, 2.75) is 18.7 Å². The van der Waals surface area contributed by atoms with Gasteiger partial charge in [0, 0.05) is 12.1 Å². The Balaban J connectivity index is 2.24. The minimum atomic E-state index is -4.29. The zero-order valence-corrected chi connectivity index (χ0v) is 17.6. The largest absolute Gasteiger partial charge is 0.273 e. The SMILES string of the molecule is Cc1cccc(N(C(=O)c2ccc([N+](=O)[O-])cc2Cl)S(=O)(=O)c2ccccc2)c1C. The molecule has 9 heteroatoms. The van der Waals surface area contributed by atoms with Gasteiger partial charge in [0.05, 0.1) is 26.1 Å². The van der Waals surface area contributed by atoms with Gasteiger partial charge < -0.3 is 0 Å². The molecule has 0 heterocycles. The van der Waals surface area contributed by atoms with Crippen LogP contribution in [0.15, 0.2) is 71.6 Å². The predicted molar refractivity (Wildman–Crippen MR) is 114 cm³/mol. The summed E-state index contributed by atoms with van der Waals surface area (Å²) in [6.07, 6.45) is 0. The number of nitro groups is 1. The maximum absolute atomic E-state index is 13.5. The molecule has 0 atom stereocenters. The van der Waals surface area contributed by atoms with Gasteiger partial charge in [-0.2, -0.15) is 4.31 Å². The normalized spacial score (nSPS) is 11.2. The van der Waals surface area contributed by atoms with E-state index >= 15 is 0 Å². The molecule has 0 unspecified atom stereocenters. The summed E-state index contributed by atoms with van der Waals surface area (Å²) in [4.78, 5) is 23.7. The highest BCUT2D eigenvalue weighted by atomic mass is 35.5. The second-order valence-corrected chi connectivity index (χ2v) is 8.72. The molecule has 0 aliphatic carbocycles. The van der Waals surface area contributed by atoms with Gasteiger partial charge in [0.25, 0.3) is 21.6 Å². The number of anilines is 1. The number of amides is 1. The number of aryl methyl sites for hydroxylation is 1. The van der Waals surface area contributed by atoms with E-state index in [0.29, 0.717) is 9.87 Å². The third kappa shape index (κ3) is 3.92. The van der Waals surface area contributed by atoms with Crippen molar-refractivity contribution in [3.8, 4) is 0 Å². The maximum Gasteiger partial charge on any atom is 0.273 e. The van der Waals surface area contributed by atoms with Crippen LogP contribution in [0.4, 0.5) is 11.4 Å². The van der Waals surface area contributed by atoms with Crippen molar-refractivity contribution in [1.29, 1.82) is 0 Å². The molecule has 3 aromatic rings. The van der Waals surface area contributed by atoms with E-state index in [9.17, 15) is 23.3 Å². The van der Waals surface area contributed by atoms with Crippen LogP contribution in [0, 0.1) is 24.0 Å². The summed E-state index contributed by atoms with van der Waals surface area (Å²) in [5.74, 6) is -0.910. The summed E-state index contributed by atoms with van der Waals surface area (Å²) >= 11 is 6.12. The van der Waals surface area contributed by atoms with Gasteiger partial charge in [0.1, 0.15) is 0 Å². The van der Waals surface area contributed by atoms with E-state index in [0.717, 1.165) is 23.8 Å². The van der Waals surface area contributed by atoms with Gasteiger partial charge in [-0.05, 0) is 49.2 Å². The van der Waals surface area contributed by atoms with Crippen LogP contribution in [0.2, 0.25) is 5.02 Å². The maximum atomic E-state index is 13.5. The highest BCUT2D eigenvalue weighted by Gasteiger charge is 2.34. The van der Waals surface area contributed by atoms with Crippen molar-refractivity contribution in [1.82, 2.24) is 0 Å². The highest BCUT2D eigenvalue weighted by Crippen LogP contribution is 2.32. The average molecular weight is 445 g/mol. The fourth-order valence-electron chi connectivity index (χ4n) is 2.90. The Hall–Kier alpha value is -3.23. The number of hydrogen-bond donors (Lipinski definition) is 0.